The second-order valence-electron chi connectivity index (χ2n) is 0.539. The summed E-state index contributed by atoms with van der Waals surface area (Å²) in [7, 11) is 0. The highest BCUT2D eigenvalue weighted by Crippen LogP contribution is 1.42. The molecular weight excluding hydrogens is 74.1 g/mol. The van der Waals surface area contributed by atoms with Crippen LogP contribution < -0.4 is 0 Å². The smallest absolute Gasteiger partial charge is 0.00134 e. The van der Waals surface area contributed by atoms with Crippen LogP contribution in [0.4, 0.5) is 0 Å². The van der Waals surface area contributed by atoms with Crippen LogP contribution in [0.3, 0.4) is 0 Å². The third kappa shape index (κ3) is 2.68. The van der Waals surface area contributed by atoms with Gasteiger partial charge in [-0.3, -0.25) is 0 Å². The van der Waals surface area contributed by atoms with E-state index in [0.717, 1.165) is 0 Å². The molecule has 0 heterocycles. The molecule has 0 saturated heterocycles. The van der Waals surface area contributed by atoms with Gasteiger partial charge in [-0.25, -0.2) is 0 Å². The van der Waals surface area contributed by atoms with Crippen molar-refractivity contribution in [2.24, 2.45) is 0 Å². The molecule has 0 aromatic rings. The Balaban J connectivity index is 3.60. The van der Waals surface area contributed by atoms with E-state index in [1.165, 1.54) is 0 Å². The van der Waals surface area contributed by atoms with Gasteiger partial charge in [0.25, 0.3) is 0 Å². The summed E-state index contributed by atoms with van der Waals surface area (Å²) in [5.74, 6) is 8.61. The molecule has 0 aliphatic rings. The lowest BCUT2D eigenvalue weighted by atomic mass is 11.0. The fourth-order valence-electron chi connectivity index (χ4n) is 0.0722. The van der Waals surface area contributed by atoms with Gasteiger partial charge in [-0.1, -0.05) is 0 Å². The zero-order valence-electron chi connectivity index (χ0n) is 3.15. The average molecular weight is 76.1 g/mol. The van der Waals surface area contributed by atoms with Crippen molar-refractivity contribution < 1.29 is 0 Å². The minimum atomic E-state index is 2.06. The second kappa shape index (κ2) is 3.68. The third-order valence-electron chi connectivity index (χ3n) is 0.207. The van der Waals surface area contributed by atoms with Crippen LogP contribution in [0.25, 0.3) is 0 Å². The van der Waals surface area contributed by atoms with Gasteiger partial charge in [0, 0.05) is 0 Å². The van der Waals surface area contributed by atoms with Crippen LogP contribution in [0.1, 0.15) is 0 Å². The molecule has 0 atom stereocenters. The van der Waals surface area contributed by atoms with Crippen molar-refractivity contribution in [1.82, 2.24) is 0 Å². The van der Waals surface area contributed by atoms with E-state index in [0.29, 0.717) is 0 Å². The summed E-state index contributed by atoms with van der Waals surface area (Å²) < 4.78 is 0. The zero-order valence-corrected chi connectivity index (χ0v) is 3.15. The molecule has 0 spiro atoms. The van der Waals surface area contributed by atoms with Gasteiger partial charge in [0.1, 0.15) is 0 Å². The molecule has 0 unspecified atom stereocenters. The van der Waals surface area contributed by atoms with Gasteiger partial charge in [-0.15, -0.1) is 12.8 Å². The molecule has 0 saturated carbocycles. The van der Waals surface area contributed by atoms with E-state index in [-0.39, 0.29) is 0 Å². The van der Waals surface area contributed by atoms with Gasteiger partial charge in [-0.2, -0.15) is 0 Å². The molecule has 6 heavy (non-hydrogen) atoms. The third-order valence-corrected chi connectivity index (χ3v) is 0.207. The van der Waals surface area contributed by atoms with Gasteiger partial charge in [0.05, 0.1) is 0 Å². The lowest BCUT2D eigenvalue weighted by Gasteiger charge is -1.43. The first kappa shape index (κ1) is 4.68. The minimum Gasteiger partial charge on any atom is -0.106 e. The van der Waals surface area contributed by atoms with Gasteiger partial charge in [-0.05, 0) is 23.7 Å². The van der Waals surface area contributed by atoms with E-state index < -0.39 is 0 Å². The van der Waals surface area contributed by atoms with E-state index in [1.807, 2.05) is 0 Å². The Kier molecular flexibility index (Phi) is 2.87. The highest BCUT2D eigenvalue weighted by atomic mass is 14.1. The molecule has 0 bridgehead atoms. The predicted molar refractivity (Wildman–Crippen MR) is 25.4 cm³/mol. The number of hydrogen-bond donors (Lipinski definition) is 0. The molecule has 0 heteroatoms. The Morgan fingerprint density at radius 3 is 1.33 bits per heavy atom. The normalized spacial score (nSPS) is 3.00. The summed E-state index contributed by atoms with van der Waals surface area (Å²) in [6, 6.07) is 0. The van der Waals surface area contributed by atoms with Crippen molar-refractivity contribution in [2.75, 3.05) is 0 Å². The quantitative estimate of drug-likeness (QED) is 0.287. The van der Waals surface area contributed by atoms with Gasteiger partial charge < -0.3 is 0 Å². The number of hydrogen-bond acceptors (Lipinski definition) is 0. The summed E-state index contributed by atoms with van der Waals surface area (Å²) in [4.78, 5) is 0. The molecule has 0 nitrogen and oxygen atoms in total. The standard InChI is InChI=1S/C6H2/c1-3-5-6-4-2/h1-2H/i5+1,6+1. The first-order chi connectivity index (χ1) is 2.91. The molecule has 0 N–H and O–H groups in total. The molecule has 0 rings (SSSR count). The maximum Gasteiger partial charge on any atom is -0.00134 e. The molecule has 0 amide bonds. The van der Waals surface area contributed by atoms with Crippen molar-refractivity contribution in [3.63, 3.8) is 0 Å². The second-order valence-corrected chi connectivity index (χ2v) is 0.539. The average Bonchev–Trinajstić information content (AvgIpc) is 1.61. The molecular formula is C6H2. The van der Waals surface area contributed by atoms with Gasteiger partial charge in [0.2, 0.25) is 0 Å². The summed E-state index contributed by atoms with van der Waals surface area (Å²) in [6.07, 6.45) is 9.39. The van der Waals surface area contributed by atoms with Crippen LogP contribution in [-0.2, 0) is 0 Å². The molecule has 0 aliphatic heterocycles. The molecule has 0 aliphatic carbocycles. The molecule has 0 aromatic heterocycles. The Morgan fingerprint density at radius 2 is 1.17 bits per heavy atom. The first-order valence-corrected chi connectivity index (χ1v) is 1.33. The van der Waals surface area contributed by atoms with Gasteiger partial charge in [0.15, 0.2) is 0 Å². The van der Waals surface area contributed by atoms with Crippen LogP contribution in [0.15, 0.2) is 0 Å². The summed E-state index contributed by atoms with van der Waals surface area (Å²) in [5, 5.41) is 0. The van der Waals surface area contributed by atoms with Crippen molar-refractivity contribution in [3.8, 4) is 36.5 Å². The van der Waals surface area contributed by atoms with E-state index in [4.69, 9.17) is 12.8 Å². The summed E-state index contributed by atoms with van der Waals surface area (Å²) in [5.41, 5.74) is 0. The largest absolute Gasteiger partial charge is 0.106 e. The lowest BCUT2D eigenvalue weighted by molar-refractivity contribution is 2.47. The highest BCUT2D eigenvalue weighted by Gasteiger charge is 1.41. The van der Waals surface area contributed by atoms with Crippen LogP contribution >= 0.6 is 0 Å². The molecule has 0 fully saturated rings. The molecule has 0 aromatic carbocycles. The van der Waals surface area contributed by atoms with Crippen molar-refractivity contribution >= 4 is 0 Å². The monoisotopic (exact) mass is 76.0 g/mol. The summed E-state index contributed by atoms with van der Waals surface area (Å²) in [6.45, 7) is 0. The van der Waals surface area contributed by atoms with Crippen LogP contribution in [0.2, 0.25) is 0 Å². The minimum absolute atomic E-state index is 2.06. The fourth-order valence-corrected chi connectivity index (χ4v) is 0.0722. The lowest BCUT2D eigenvalue weighted by Crippen LogP contribution is -1.42. The molecule has 0 radical (unpaired) electrons. The Hall–Kier alpha value is -1.32. The molecule has 26 valence electrons. The van der Waals surface area contributed by atoms with E-state index in [9.17, 15) is 0 Å². The van der Waals surface area contributed by atoms with E-state index in [2.05, 4.69) is 23.7 Å². The van der Waals surface area contributed by atoms with Crippen LogP contribution in [0.5, 0.6) is 0 Å². The maximum atomic E-state index is 4.70. The zero-order chi connectivity index (χ0) is 4.83. The van der Waals surface area contributed by atoms with E-state index >= 15 is 0 Å². The number of terminal acetylenes is 2. The maximum absolute atomic E-state index is 4.70. The van der Waals surface area contributed by atoms with Crippen molar-refractivity contribution in [2.45, 2.75) is 0 Å². The van der Waals surface area contributed by atoms with Crippen LogP contribution in [0, 0.1) is 36.5 Å². The van der Waals surface area contributed by atoms with Crippen molar-refractivity contribution in [1.29, 1.82) is 0 Å². The highest BCUT2D eigenvalue weighted by molar-refractivity contribution is 5.31. The Morgan fingerprint density at radius 1 is 0.833 bits per heavy atom. The predicted octanol–water partition coefficient (Wildman–Crippen LogP) is 0.256. The Bertz CT molecular complexity index is 133. The summed E-state index contributed by atoms with van der Waals surface area (Å²) >= 11 is 0. The van der Waals surface area contributed by atoms with E-state index in [1.54, 1.807) is 0 Å². The SMILES string of the molecule is C#C[13C]#[13C]C#C. The van der Waals surface area contributed by atoms with Crippen LogP contribution in [-0.4, -0.2) is 0 Å². The topological polar surface area (TPSA) is 0 Å². The van der Waals surface area contributed by atoms with Crippen molar-refractivity contribution in [3.05, 3.63) is 0 Å². The van der Waals surface area contributed by atoms with Gasteiger partial charge >= 0.3 is 0 Å². The number of rotatable bonds is 0. The first-order valence-electron chi connectivity index (χ1n) is 1.33. The Labute approximate surface area is 37.6 Å². The fraction of sp³-hybridized carbons (Fsp3) is 0.